The highest BCUT2D eigenvalue weighted by atomic mass is 16.2. The summed E-state index contributed by atoms with van der Waals surface area (Å²) in [6.07, 6.45) is 2.17. The molecule has 2 aliphatic heterocycles. The number of hydrogen-bond acceptors (Lipinski definition) is 3. The number of fused-ring (bicyclic) bond motifs is 2. The molecule has 1 fully saturated rings. The number of pyridine rings is 1. The van der Waals surface area contributed by atoms with E-state index in [1.54, 1.807) is 17.0 Å². The first-order chi connectivity index (χ1) is 12.6. The molecule has 2 aromatic rings. The van der Waals surface area contributed by atoms with Crippen molar-refractivity contribution in [3.05, 3.63) is 64.1 Å². The van der Waals surface area contributed by atoms with Gasteiger partial charge >= 0.3 is 0 Å². The molecule has 6 nitrogen and oxygen atoms in total. The summed E-state index contributed by atoms with van der Waals surface area (Å²) in [5, 5.41) is 2.99. The minimum Gasteiger partial charge on any atom is -0.333 e. The molecule has 0 radical (unpaired) electrons. The number of H-pyrrole nitrogens is 1. The Morgan fingerprint density at radius 1 is 1.19 bits per heavy atom. The van der Waals surface area contributed by atoms with Crippen LogP contribution in [0.5, 0.6) is 0 Å². The van der Waals surface area contributed by atoms with Crippen LogP contribution in [0.15, 0.2) is 47.3 Å². The lowest BCUT2D eigenvalue weighted by atomic mass is 9.73. The number of amides is 2. The summed E-state index contributed by atoms with van der Waals surface area (Å²) in [5.41, 5.74) is 1.06. The maximum atomic E-state index is 13.1. The van der Waals surface area contributed by atoms with Gasteiger partial charge in [-0.25, -0.2) is 0 Å². The van der Waals surface area contributed by atoms with Crippen molar-refractivity contribution in [1.29, 1.82) is 0 Å². The summed E-state index contributed by atoms with van der Waals surface area (Å²) in [4.78, 5) is 42.0. The number of benzene rings is 1. The van der Waals surface area contributed by atoms with Crippen LogP contribution in [0.3, 0.4) is 0 Å². The normalized spacial score (nSPS) is 24.0. The van der Waals surface area contributed by atoms with Gasteiger partial charge in [0.25, 0.3) is 5.91 Å². The van der Waals surface area contributed by atoms with E-state index in [1.165, 1.54) is 6.07 Å². The van der Waals surface area contributed by atoms with Crippen molar-refractivity contribution < 1.29 is 9.59 Å². The Morgan fingerprint density at radius 3 is 2.77 bits per heavy atom. The molecule has 0 bridgehead atoms. The predicted molar refractivity (Wildman–Crippen MR) is 98.2 cm³/mol. The zero-order chi connectivity index (χ0) is 18.3. The van der Waals surface area contributed by atoms with Crippen molar-refractivity contribution >= 4 is 17.5 Å². The van der Waals surface area contributed by atoms with Gasteiger partial charge in [0.05, 0.1) is 11.5 Å². The van der Waals surface area contributed by atoms with Crippen molar-refractivity contribution in [2.24, 2.45) is 0 Å². The number of carbonyl (C=O) groups excluding carboxylic acids is 2. The second-order valence-corrected chi connectivity index (χ2v) is 6.95. The first-order valence-electron chi connectivity index (χ1n) is 8.99. The van der Waals surface area contributed by atoms with Crippen LogP contribution in [0.25, 0.3) is 0 Å². The van der Waals surface area contributed by atoms with E-state index in [0.717, 1.165) is 24.1 Å². The smallest absolute Gasteiger partial charge is 0.270 e. The molecule has 2 aliphatic rings. The lowest BCUT2D eigenvalue weighted by Crippen LogP contribution is -2.49. The third-order valence-electron chi connectivity index (χ3n) is 5.57. The monoisotopic (exact) mass is 351 g/mol. The molecule has 0 unspecified atom stereocenters. The lowest BCUT2D eigenvalue weighted by Gasteiger charge is -2.33. The van der Waals surface area contributed by atoms with Crippen molar-refractivity contribution in [3.8, 4) is 0 Å². The molecule has 4 rings (SSSR count). The Hall–Kier alpha value is -2.89. The standard InChI is InChI=1S/C20H21N3O3/c1-2-6-16-20(13-7-3-4-8-14(13)22-19(20)26)11-12-23(16)18(25)15-9-5-10-17(24)21-15/h3-5,7-10,16H,2,6,11-12H2,1H3,(H,21,24)(H,22,26)/t16-,20+/m0/s1. The van der Waals surface area contributed by atoms with Gasteiger partial charge in [-0.3, -0.25) is 14.4 Å². The molecule has 6 heteroatoms. The highest BCUT2D eigenvalue weighted by molar-refractivity contribution is 6.08. The number of carbonyl (C=O) groups is 2. The van der Waals surface area contributed by atoms with Crippen LogP contribution in [0, 0.1) is 0 Å². The summed E-state index contributed by atoms with van der Waals surface area (Å²) in [5.74, 6) is -0.260. The largest absolute Gasteiger partial charge is 0.333 e. The van der Waals surface area contributed by atoms with E-state index in [0.29, 0.717) is 13.0 Å². The Balaban J connectivity index is 1.77. The fourth-order valence-electron chi connectivity index (χ4n) is 4.45. The molecule has 1 spiro atoms. The number of nitrogens with zero attached hydrogens (tertiary/aromatic N) is 1. The summed E-state index contributed by atoms with van der Waals surface area (Å²) < 4.78 is 0. The Labute approximate surface area is 151 Å². The van der Waals surface area contributed by atoms with E-state index in [-0.39, 0.29) is 29.1 Å². The summed E-state index contributed by atoms with van der Waals surface area (Å²) in [7, 11) is 0. The molecule has 2 N–H and O–H groups in total. The molecule has 2 atom stereocenters. The minimum atomic E-state index is -0.711. The molecule has 2 amide bonds. The predicted octanol–water partition coefficient (Wildman–Crippen LogP) is 2.28. The Morgan fingerprint density at radius 2 is 2.00 bits per heavy atom. The molecular weight excluding hydrogens is 330 g/mol. The lowest BCUT2D eigenvalue weighted by molar-refractivity contribution is -0.121. The van der Waals surface area contributed by atoms with Crippen molar-refractivity contribution in [1.82, 2.24) is 9.88 Å². The van der Waals surface area contributed by atoms with Crippen molar-refractivity contribution in [2.75, 3.05) is 11.9 Å². The van der Waals surface area contributed by atoms with Crippen molar-refractivity contribution in [2.45, 2.75) is 37.6 Å². The second-order valence-electron chi connectivity index (χ2n) is 6.95. The highest BCUT2D eigenvalue weighted by Gasteiger charge is 2.58. The maximum absolute atomic E-state index is 13.1. The van der Waals surface area contributed by atoms with Crippen LogP contribution in [0.2, 0.25) is 0 Å². The zero-order valence-corrected chi connectivity index (χ0v) is 14.6. The SMILES string of the molecule is CCC[C@@H]1N(C(=O)c2cccc(=O)[nH]2)CC[C@]12C(=O)Nc1ccccc12. The van der Waals surface area contributed by atoms with E-state index in [1.807, 2.05) is 24.3 Å². The number of aromatic nitrogens is 1. The fourth-order valence-corrected chi connectivity index (χ4v) is 4.45. The number of para-hydroxylation sites is 1. The number of hydrogen-bond donors (Lipinski definition) is 2. The molecular formula is C20H21N3O3. The van der Waals surface area contributed by atoms with E-state index in [9.17, 15) is 14.4 Å². The molecule has 26 heavy (non-hydrogen) atoms. The average Bonchev–Trinajstić information content (AvgIpc) is 3.15. The summed E-state index contributed by atoms with van der Waals surface area (Å²) in [6, 6.07) is 12.1. The number of likely N-dealkylation sites (tertiary alicyclic amines) is 1. The van der Waals surface area contributed by atoms with E-state index in [2.05, 4.69) is 17.2 Å². The molecule has 3 heterocycles. The van der Waals surface area contributed by atoms with E-state index < -0.39 is 5.41 Å². The van der Waals surface area contributed by atoms with Crippen LogP contribution in [0.4, 0.5) is 5.69 Å². The molecule has 0 saturated carbocycles. The van der Waals surface area contributed by atoms with Crippen molar-refractivity contribution in [3.63, 3.8) is 0 Å². The first kappa shape index (κ1) is 16.6. The van der Waals surface area contributed by atoms with E-state index in [4.69, 9.17) is 0 Å². The number of anilines is 1. The molecule has 134 valence electrons. The average molecular weight is 351 g/mol. The Bertz CT molecular complexity index is 936. The number of rotatable bonds is 3. The van der Waals surface area contributed by atoms with Crippen LogP contribution in [-0.4, -0.2) is 34.3 Å². The topological polar surface area (TPSA) is 82.3 Å². The minimum absolute atomic E-state index is 0.0333. The molecule has 1 saturated heterocycles. The van der Waals surface area contributed by atoms with Gasteiger partial charge in [0.1, 0.15) is 5.69 Å². The van der Waals surface area contributed by atoms with Crippen LogP contribution in [0.1, 0.15) is 42.2 Å². The van der Waals surface area contributed by atoms with Gasteiger partial charge in [0, 0.05) is 18.3 Å². The third kappa shape index (κ3) is 2.29. The van der Waals surface area contributed by atoms with Gasteiger partial charge in [-0.15, -0.1) is 0 Å². The molecule has 1 aromatic heterocycles. The van der Waals surface area contributed by atoms with Gasteiger partial charge in [0.2, 0.25) is 11.5 Å². The number of nitrogens with one attached hydrogen (secondary N) is 2. The maximum Gasteiger partial charge on any atom is 0.270 e. The van der Waals surface area contributed by atoms with Gasteiger partial charge in [-0.2, -0.15) is 0 Å². The number of aromatic amines is 1. The Kier molecular flexibility index (Phi) is 3.90. The molecule has 0 aliphatic carbocycles. The van der Waals surface area contributed by atoms with E-state index >= 15 is 0 Å². The van der Waals surface area contributed by atoms with Crippen LogP contribution in [-0.2, 0) is 10.2 Å². The first-order valence-corrected chi connectivity index (χ1v) is 8.99. The quantitative estimate of drug-likeness (QED) is 0.890. The highest BCUT2D eigenvalue weighted by Crippen LogP contribution is 2.49. The van der Waals surface area contributed by atoms with Gasteiger partial charge in [-0.1, -0.05) is 37.6 Å². The third-order valence-corrected chi connectivity index (χ3v) is 5.57. The van der Waals surface area contributed by atoms with Gasteiger partial charge in [-0.05, 0) is 30.5 Å². The summed E-state index contributed by atoms with van der Waals surface area (Å²) >= 11 is 0. The molecule has 1 aromatic carbocycles. The second kappa shape index (κ2) is 6.12. The van der Waals surface area contributed by atoms with Crippen LogP contribution >= 0.6 is 0 Å². The van der Waals surface area contributed by atoms with Crippen LogP contribution < -0.4 is 10.9 Å². The van der Waals surface area contributed by atoms with Gasteiger partial charge < -0.3 is 15.2 Å². The van der Waals surface area contributed by atoms with Gasteiger partial charge in [0.15, 0.2) is 0 Å². The zero-order valence-electron chi connectivity index (χ0n) is 14.6. The fraction of sp³-hybridized carbons (Fsp3) is 0.350. The summed E-state index contributed by atoms with van der Waals surface area (Å²) in [6.45, 7) is 2.54.